The first-order chi connectivity index (χ1) is 9.83. The van der Waals surface area contributed by atoms with E-state index >= 15 is 0 Å². The highest BCUT2D eigenvalue weighted by atomic mass is 14.8. The van der Waals surface area contributed by atoms with Gasteiger partial charge in [0.2, 0.25) is 0 Å². The summed E-state index contributed by atoms with van der Waals surface area (Å²) in [5, 5.41) is 4.63. The van der Waals surface area contributed by atoms with Gasteiger partial charge in [-0.3, -0.25) is 0 Å². The van der Waals surface area contributed by atoms with Gasteiger partial charge in [-0.15, -0.1) is 0 Å². The number of rotatable bonds is 6. The van der Waals surface area contributed by atoms with E-state index in [2.05, 4.69) is 28.3 Å². The zero-order valence-corrected chi connectivity index (χ0v) is 11.9. The quantitative estimate of drug-likeness (QED) is 0.596. The van der Waals surface area contributed by atoms with Crippen LogP contribution in [0.5, 0.6) is 0 Å². The van der Waals surface area contributed by atoms with E-state index in [0.29, 0.717) is 5.92 Å². The third-order valence-electron chi connectivity index (χ3n) is 4.33. The first-order valence-electron chi connectivity index (χ1n) is 7.52. The maximum atomic E-state index is 7.14. The summed E-state index contributed by atoms with van der Waals surface area (Å²) in [5.41, 5.74) is 3.31. The fourth-order valence-electron chi connectivity index (χ4n) is 3.12. The van der Waals surface area contributed by atoms with Crippen LogP contribution in [0.2, 0.25) is 0 Å². The molecule has 3 nitrogen and oxygen atoms in total. The highest BCUT2D eigenvalue weighted by molar-refractivity contribution is 5.87. The van der Waals surface area contributed by atoms with Gasteiger partial charge in [0, 0.05) is 11.7 Å². The van der Waals surface area contributed by atoms with E-state index in [4.69, 9.17) is 6.57 Å². The molecule has 0 spiro atoms. The van der Waals surface area contributed by atoms with Crippen molar-refractivity contribution < 1.29 is 0 Å². The van der Waals surface area contributed by atoms with Gasteiger partial charge in [-0.2, -0.15) is 0 Å². The molecule has 2 unspecified atom stereocenters. The monoisotopic (exact) mass is 267 g/mol. The fraction of sp³-hybridized carbons (Fsp3) is 0.471. The van der Waals surface area contributed by atoms with Gasteiger partial charge in [0.15, 0.2) is 5.69 Å². The smallest absolute Gasteiger partial charge is 0.187 e. The van der Waals surface area contributed by atoms with Crippen LogP contribution in [0.1, 0.15) is 37.7 Å². The Balaban J connectivity index is 1.68. The fourth-order valence-corrected chi connectivity index (χ4v) is 3.12. The molecule has 1 heterocycles. The molecule has 0 aliphatic heterocycles. The molecule has 20 heavy (non-hydrogen) atoms. The van der Waals surface area contributed by atoms with Crippen molar-refractivity contribution in [2.75, 3.05) is 13.1 Å². The Morgan fingerprint density at radius 3 is 3.15 bits per heavy atom. The Morgan fingerprint density at radius 2 is 2.35 bits per heavy atom. The highest BCUT2D eigenvalue weighted by Gasteiger charge is 2.38. The van der Waals surface area contributed by atoms with Gasteiger partial charge in [-0.05, 0) is 67.3 Å². The van der Waals surface area contributed by atoms with Crippen molar-refractivity contribution in [3.63, 3.8) is 0 Å². The molecule has 104 valence electrons. The molecular weight excluding hydrogens is 246 g/mol. The Bertz CT molecular complexity index is 635. The molecular formula is C17H21N3. The van der Waals surface area contributed by atoms with E-state index in [-0.39, 0.29) is 0 Å². The average Bonchev–Trinajstić information content (AvgIpc) is 3.12. The number of aromatic nitrogens is 1. The molecule has 1 saturated carbocycles. The lowest BCUT2D eigenvalue weighted by atomic mass is 10.1. The molecule has 2 aromatic rings. The molecule has 1 aromatic heterocycles. The number of benzene rings is 1. The van der Waals surface area contributed by atoms with Crippen LogP contribution in [0.25, 0.3) is 15.7 Å². The molecule has 3 rings (SSSR count). The summed E-state index contributed by atoms with van der Waals surface area (Å²) in [6.45, 7) is 11.5. The lowest BCUT2D eigenvalue weighted by Crippen LogP contribution is -2.13. The summed E-state index contributed by atoms with van der Waals surface area (Å²) >= 11 is 0. The van der Waals surface area contributed by atoms with Crippen molar-refractivity contribution in [1.29, 1.82) is 0 Å². The van der Waals surface area contributed by atoms with Gasteiger partial charge < -0.3 is 10.3 Å². The molecule has 1 fully saturated rings. The predicted octanol–water partition coefficient (Wildman–Crippen LogP) is 4.21. The third-order valence-corrected chi connectivity index (χ3v) is 4.33. The topological polar surface area (TPSA) is 32.2 Å². The van der Waals surface area contributed by atoms with Crippen molar-refractivity contribution in [3.05, 3.63) is 41.4 Å². The van der Waals surface area contributed by atoms with Gasteiger partial charge in [-0.1, -0.05) is 13.0 Å². The Hall–Kier alpha value is -1.79. The molecule has 0 bridgehead atoms. The van der Waals surface area contributed by atoms with Crippen LogP contribution in [0, 0.1) is 12.5 Å². The summed E-state index contributed by atoms with van der Waals surface area (Å²) in [4.78, 5) is 6.88. The maximum absolute atomic E-state index is 7.14. The summed E-state index contributed by atoms with van der Waals surface area (Å²) in [6, 6.07) is 5.94. The van der Waals surface area contributed by atoms with Crippen molar-refractivity contribution >= 4 is 16.6 Å². The minimum Gasteiger partial charge on any atom is -0.361 e. The molecule has 1 aliphatic carbocycles. The largest absolute Gasteiger partial charge is 0.361 e. The van der Waals surface area contributed by atoms with E-state index < -0.39 is 0 Å². The lowest BCUT2D eigenvalue weighted by molar-refractivity contribution is 0.599. The standard InChI is InChI=1S/C17H21N3/c1-3-19-8-4-5-12-9-14(12)16-11-20-17-7-6-13(18-2)10-15(16)17/h6-7,10-12,14,19-20H,3-5,8-9H2,1H3. The van der Waals surface area contributed by atoms with Crippen LogP contribution in [0.3, 0.4) is 0 Å². The van der Waals surface area contributed by atoms with Crippen molar-refractivity contribution in [1.82, 2.24) is 10.3 Å². The van der Waals surface area contributed by atoms with Crippen LogP contribution < -0.4 is 5.32 Å². The van der Waals surface area contributed by atoms with Crippen LogP contribution >= 0.6 is 0 Å². The van der Waals surface area contributed by atoms with Gasteiger partial charge >= 0.3 is 0 Å². The number of H-pyrrole nitrogens is 1. The van der Waals surface area contributed by atoms with Crippen LogP contribution in [0.4, 0.5) is 5.69 Å². The molecule has 0 saturated heterocycles. The van der Waals surface area contributed by atoms with E-state index in [1.165, 1.54) is 30.2 Å². The predicted molar refractivity (Wildman–Crippen MR) is 83.2 cm³/mol. The minimum atomic E-state index is 0.700. The number of aromatic amines is 1. The summed E-state index contributed by atoms with van der Waals surface area (Å²) in [6.07, 6.45) is 6.03. The number of nitrogens with zero attached hydrogens (tertiary/aromatic N) is 1. The second kappa shape index (κ2) is 5.68. The number of fused-ring (bicyclic) bond motifs is 1. The van der Waals surface area contributed by atoms with Gasteiger partial charge in [0.1, 0.15) is 0 Å². The van der Waals surface area contributed by atoms with Crippen molar-refractivity contribution in [2.24, 2.45) is 5.92 Å². The van der Waals surface area contributed by atoms with Gasteiger partial charge in [0.25, 0.3) is 0 Å². The SMILES string of the molecule is [C-]#[N+]c1ccc2[nH]cc(C3CC3CCCNCC)c2c1. The Labute approximate surface area is 120 Å². The Kier molecular flexibility index (Phi) is 3.75. The number of hydrogen-bond acceptors (Lipinski definition) is 1. The molecule has 3 heteroatoms. The first-order valence-corrected chi connectivity index (χ1v) is 7.52. The Morgan fingerprint density at radius 1 is 1.45 bits per heavy atom. The van der Waals surface area contributed by atoms with E-state index in [1.54, 1.807) is 0 Å². The molecule has 1 aliphatic rings. The maximum Gasteiger partial charge on any atom is 0.187 e. The van der Waals surface area contributed by atoms with Crippen LogP contribution in [-0.2, 0) is 0 Å². The van der Waals surface area contributed by atoms with Crippen LogP contribution in [-0.4, -0.2) is 18.1 Å². The van der Waals surface area contributed by atoms with Gasteiger partial charge in [-0.25, -0.2) is 4.85 Å². The molecule has 2 N–H and O–H groups in total. The molecule has 2 atom stereocenters. The molecule has 0 amide bonds. The minimum absolute atomic E-state index is 0.700. The highest BCUT2D eigenvalue weighted by Crippen LogP contribution is 2.52. The summed E-state index contributed by atoms with van der Waals surface area (Å²) in [7, 11) is 0. The first kappa shape index (κ1) is 13.2. The molecule has 0 radical (unpaired) electrons. The average molecular weight is 267 g/mol. The van der Waals surface area contributed by atoms with E-state index in [9.17, 15) is 0 Å². The number of nitrogens with one attached hydrogen (secondary N) is 2. The number of hydrogen-bond donors (Lipinski definition) is 2. The van der Waals surface area contributed by atoms with E-state index in [0.717, 1.165) is 30.2 Å². The van der Waals surface area contributed by atoms with Crippen LogP contribution in [0.15, 0.2) is 24.4 Å². The lowest BCUT2D eigenvalue weighted by Gasteiger charge is -2.02. The van der Waals surface area contributed by atoms with Crippen molar-refractivity contribution in [2.45, 2.75) is 32.1 Å². The van der Waals surface area contributed by atoms with Crippen molar-refractivity contribution in [3.8, 4) is 0 Å². The normalized spacial score (nSPS) is 21.0. The third kappa shape index (κ3) is 2.57. The summed E-state index contributed by atoms with van der Waals surface area (Å²) < 4.78 is 0. The molecule has 1 aromatic carbocycles. The zero-order valence-electron chi connectivity index (χ0n) is 11.9. The zero-order chi connectivity index (χ0) is 13.9. The summed E-state index contributed by atoms with van der Waals surface area (Å²) in [5.74, 6) is 1.54. The second-order valence-corrected chi connectivity index (χ2v) is 5.68. The van der Waals surface area contributed by atoms with E-state index in [1.807, 2.05) is 18.2 Å². The van der Waals surface area contributed by atoms with Gasteiger partial charge in [0.05, 0.1) is 6.57 Å². The second-order valence-electron chi connectivity index (χ2n) is 5.68.